The number of aromatic amines is 1. The number of fused-ring (bicyclic) bond motifs is 1. The van der Waals surface area contributed by atoms with Crippen LogP contribution >= 0.6 is 0 Å². The Bertz CT molecular complexity index is 982. The van der Waals surface area contributed by atoms with Crippen molar-refractivity contribution in [2.45, 2.75) is 18.7 Å². The Morgan fingerprint density at radius 3 is 2.60 bits per heavy atom. The lowest BCUT2D eigenvalue weighted by Gasteiger charge is -2.14. The molecule has 0 unspecified atom stereocenters. The van der Waals surface area contributed by atoms with Crippen LogP contribution in [0.4, 0.5) is 5.69 Å². The van der Waals surface area contributed by atoms with Gasteiger partial charge >= 0.3 is 0 Å². The van der Waals surface area contributed by atoms with Crippen LogP contribution in [0.2, 0.25) is 0 Å². The molecule has 0 atom stereocenters. The van der Waals surface area contributed by atoms with Crippen LogP contribution in [0.1, 0.15) is 13.8 Å². The number of hydrogen-bond acceptors (Lipinski definition) is 5. The number of anilines is 1. The summed E-state index contributed by atoms with van der Waals surface area (Å²) in [6, 6.07) is 9.82. The molecule has 8 heteroatoms. The van der Waals surface area contributed by atoms with Crippen molar-refractivity contribution in [2.24, 2.45) is 0 Å². The summed E-state index contributed by atoms with van der Waals surface area (Å²) in [6.45, 7) is 4.56. The molecule has 3 rings (SSSR count). The van der Waals surface area contributed by atoms with Gasteiger partial charge < -0.3 is 9.47 Å². The summed E-state index contributed by atoms with van der Waals surface area (Å²) in [7, 11) is -3.78. The number of benzene rings is 2. The Balaban J connectivity index is 1.96. The van der Waals surface area contributed by atoms with Gasteiger partial charge in [0.2, 0.25) is 0 Å². The van der Waals surface area contributed by atoms with Gasteiger partial charge in [-0.2, -0.15) is 5.10 Å². The van der Waals surface area contributed by atoms with Crippen LogP contribution in [0.5, 0.6) is 11.5 Å². The Kier molecular flexibility index (Phi) is 4.80. The third-order valence-electron chi connectivity index (χ3n) is 3.55. The predicted molar refractivity (Wildman–Crippen MR) is 95.7 cm³/mol. The Labute approximate surface area is 146 Å². The lowest BCUT2D eigenvalue weighted by molar-refractivity contribution is 0.287. The van der Waals surface area contributed by atoms with Gasteiger partial charge in [-0.05, 0) is 38.1 Å². The van der Waals surface area contributed by atoms with Crippen molar-refractivity contribution in [1.29, 1.82) is 0 Å². The van der Waals surface area contributed by atoms with E-state index in [1.807, 2.05) is 19.9 Å². The van der Waals surface area contributed by atoms with Gasteiger partial charge in [0.15, 0.2) is 11.5 Å². The van der Waals surface area contributed by atoms with Crippen LogP contribution in [0.15, 0.2) is 47.5 Å². The second-order valence-electron chi connectivity index (χ2n) is 5.22. The zero-order valence-corrected chi connectivity index (χ0v) is 14.8. The normalized spacial score (nSPS) is 11.4. The van der Waals surface area contributed by atoms with Gasteiger partial charge in [0.25, 0.3) is 10.0 Å². The van der Waals surface area contributed by atoms with Crippen molar-refractivity contribution in [1.82, 2.24) is 10.2 Å². The average molecular weight is 361 g/mol. The maximum atomic E-state index is 12.8. The molecular formula is C17H19N3O4S. The van der Waals surface area contributed by atoms with E-state index >= 15 is 0 Å². The zero-order chi connectivity index (χ0) is 17.9. The highest BCUT2D eigenvalue weighted by Gasteiger charge is 2.19. The van der Waals surface area contributed by atoms with E-state index in [0.717, 1.165) is 5.52 Å². The maximum absolute atomic E-state index is 12.8. The topological polar surface area (TPSA) is 93.3 Å². The molecule has 1 aromatic heterocycles. The van der Waals surface area contributed by atoms with Crippen molar-refractivity contribution in [3.05, 3.63) is 42.6 Å². The second-order valence-corrected chi connectivity index (χ2v) is 6.90. The summed E-state index contributed by atoms with van der Waals surface area (Å²) in [5.74, 6) is 0.911. The largest absolute Gasteiger partial charge is 0.490 e. The van der Waals surface area contributed by atoms with Crippen LogP contribution < -0.4 is 14.2 Å². The molecule has 1 heterocycles. The number of aromatic nitrogens is 2. The van der Waals surface area contributed by atoms with Gasteiger partial charge in [-0.1, -0.05) is 6.07 Å². The van der Waals surface area contributed by atoms with Crippen molar-refractivity contribution >= 4 is 26.6 Å². The highest BCUT2D eigenvalue weighted by Crippen LogP contribution is 2.31. The Hall–Kier alpha value is -2.74. The van der Waals surface area contributed by atoms with Gasteiger partial charge in [0.1, 0.15) is 0 Å². The molecule has 0 aliphatic rings. The van der Waals surface area contributed by atoms with Crippen molar-refractivity contribution in [3.8, 4) is 11.5 Å². The molecule has 0 fully saturated rings. The van der Waals surface area contributed by atoms with Gasteiger partial charge in [-0.25, -0.2) is 8.42 Å². The first kappa shape index (κ1) is 17.1. The summed E-state index contributed by atoms with van der Waals surface area (Å²) in [5.41, 5.74) is 1.21. The van der Waals surface area contributed by atoms with Gasteiger partial charge in [-0.3, -0.25) is 9.82 Å². The number of ether oxygens (including phenoxy) is 2. The van der Waals surface area contributed by atoms with E-state index in [1.165, 1.54) is 12.1 Å². The number of nitrogens with zero attached hydrogens (tertiary/aromatic N) is 1. The zero-order valence-electron chi connectivity index (χ0n) is 13.9. The molecule has 0 bridgehead atoms. The molecule has 0 aliphatic carbocycles. The molecule has 0 spiro atoms. The molecule has 0 aliphatic heterocycles. The average Bonchev–Trinajstić information content (AvgIpc) is 3.06. The smallest absolute Gasteiger partial charge is 0.262 e. The van der Waals surface area contributed by atoms with Gasteiger partial charge in [-0.15, -0.1) is 0 Å². The van der Waals surface area contributed by atoms with E-state index in [9.17, 15) is 8.42 Å². The molecular weight excluding hydrogens is 342 g/mol. The molecule has 25 heavy (non-hydrogen) atoms. The molecule has 2 N–H and O–H groups in total. The highest BCUT2D eigenvalue weighted by atomic mass is 32.2. The molecule has 2 aromatic carbocycles. The minimum absolute atomic E-state index is 0.0971. The molecule has 132 valence electrons. The molecule has 0 saturated carbocycles. The van der Waals surface area contributed by atoms with E-state index < -0.39 is 10.0 Å². The Morgan fingerprint density at radius 2 is 1.84 bits per heavy atom. The number of H-pyrrole nitrogens is 1. The van der Waals surface area contributed by atoms with Crippen LogP contribution in [-0.4, -0.2) is 31.8 Å². The highest BCUT2D eigenvalue weighted by molar-refractivity contribution is 7.92. The van der Waals surface area contributed by atoms with E-state index in [2.05, 4.69) is 14.9 Å². The third-order valence-corrected chi connectivity index (χ3v) is 4.92. The standard InChI is InChI=1S/C17H19N3O4S/c1-3-23-16-9-8-12(10-17(16)24-4-2)25(21,22)20-15-7-5-6-14-13(15)11-18-19-14/h5-11,20H,3-4H2,1-2H3,(H,18,19). The maximum Gasteiger partial charge on any atom is 0.262 e. The summed E-state index contributed by atoms with van der Waals surface area (Å²) in [4.78, 5) is 0.0971. The number of nitrogens with one attached hydrogen (secondary N) is 2. The summed E-state index contributed by atoms with van der Waals surface area (Å²) in [5, 5.41) is 7.45. The van der Waals surface area contributed by atoms with Gasteiger partial charge in [0, 0.05) is 11.5 Å². The lowest BCUT2D eigenvalue weighted by atomic mass is 10.2. The minimum Gasteiger partial charge on any atom is -0.490 e. The first-order valence-electron chi connectivity index (χ1n) is 7.89. The first-order valence-corrected chi connectivity index (χ1v) is 9.38. The van der Waals surface area contributed by atoms with E-state index in [4.69, 9.17) is 9.47 Å². The van der Waals surface area contributed by atoms with Crippen LogP contribution in [-0.2, 0) is 10.0 Å². The fourth-order valence-electron chi connectivity index (χ4n) is 2.46. The van der Waals surface area contributed by atoms with Crippen LogP contribution in [0, 0.1) is 0 Å². The van der Waals surface area contributed by atoms with Gasteiger partial charge in [0.05, 0.1) is 35.5 Å². The number of rotatable bonds is 7. The number of hydrogen-bond donors (Lipinski definition) is 2. The lowest BCUT2D eigenvalue weighted by Crippen LogP contribution is -2.13. The van der Waals surface area contributed by atoms with Crippen LogP contribution in [0.25, 0.3) is 10.9 Å². The van der Waals surface area contributed by atoms with E-state index in [-0.39, 0.29) is 4.90 Å². The van der Waals surface area contributed by atoms with E-state index in [0.29, 0.717) is 35.8 Å². The molecule has 0 saturated heterocycles. The molecule has 3 aromatic rings. The monoisotopic (exact) mass is 361 g/mol. The van der Waals surface area contributed by atoms with E-state index in [1.54, 1.807) is 24.4 Å². The van der Waals surface area contributed by atoms with Crippen molar-refractivity contribution in [3.63, 3.8) is 0 Å². The fourth-order valence-corrected chi connectivity index (χ4v) is 3.55. The molecule has 0 amide bonds. The van der Waals surface area contributed by atoms with Crippen molar-refractivity contribution < 1.29 is 17.9 Å². The minimum atomic E-state index is -3.78. The third kappa shape index (κ3) is 3.53. The fraction of sp³-hybridized carbons (Fsp3) is 0.235. The Morgan fingerprint density at radius 1 is 1.08 bits per heavy atom. The molecule has 0 radical (unpaired) electrons. The number of sulfonamides is 1. The summed E-state index contributed by atoms with van der Waals surface area (Å²) < 4.78 is 39.1. The summed E-state index contributed by atoms with van der Waals surface area (Å²) >= 11 is 0. The van der Waals surface area contributed by atoms with Crippen LogP contribution in [0.3, 0.4) is 0 Å². The quantitative estimate of drug-likeness (QED) is 0.674. The molecule has 7 nitrogen and oxygen atoms in total. The first-order chi connectivity index (χ1) is 12.0. The van der Waals surface area contributed by atoms with Crippen molar-refractivity contribution in [2.75, 3.05) is 17.9 Å². The second kappa shape index (κ2) is 7.02. The predicted octanol–water partition coefficient (Wildman–Crippen LogP) is 3.16. The SMILES string of the molecule is CCOc1ccc(S(=O)(=O)Nc2cccc3[nH]ncc23)cc1OCC. The summed E-state index contributed by atoms with van der Waals surface area (Å²) in [6.07, 6.45) is 1.58.